The molecular weight excluding hydrogens is 418 g/mol. The molecule has 4 amide bonds. The summed E-state index contributed by atoms with van der Waals surface area (Å²) in [5.41, 5.74) is 10.8. The van der Waals surface area contributed by atoms with Crippen molar-refractivity contribution in [2.24, 2.45) is 11.5 Å². The Balaban J connectivity index is 2.80. The van der Waals surface area contributed by atoms with Gasteiger partial charge in [-0.25, -0.2) is 9.78 Å². The number of aromatic amines is 1. The second-order valence-corrected chi connectivity index (χ2v) is 6.62. The number of aliphatic carboxylic acids is 1. The number of primary amides is 1. The van der Waals surface area contributed by atoms with Crippen LogP contribution in [-0.2, 0) is 30.4 Å². The molecule has 0 saturated carbocycles. The van der Waals surface area contributed by atoms with E-state index in [1.807, 2.05) is 0 Å². The molecule has 14 heteroatoms. The van der Waals surface area contributed by atoms with Crippen LogP contribution in [0.3, 0.4) is 0 Å². The molecule has 0 bridgehead atoms. The zero-order valence-electron chi connectivity index (χ0n) is 16.0. The number of hydrogen-bond donors (Lipinski definition) is 8. The van der Waals surface area contributed by atoms with Gasteiger partial charge in [0.15, 0.2) is 0 Å². The van der Waals surface area contributed by atoms with Crippen molar-refractivity contribution in [3.8, 4) is 0 Å². The quantitative estimate of drug-likeness (QED) is 0.143. The van der Waals surface area contributed by atoms with Gasteiger partial charge < -0.3 is 37.5 Å². The third-order valence-corrected chi connectivity index (χ3v) is 4.29. The molecular formula is C16H25N7O6S. The molecule has 1 heterocycles. The minimum absolute atomic E-state index is 0.0535. The minimum atomic E-state index is -1.28. The first kappa shape index (κ1) is 24.9. The number of rotatable bonds is 13. The van der Waals surface area contributed by atoms with E-state index in [2.05, 4.69) is 38.5 Å². The van der Waals surface area contributed by atoms with E-state index in [-0.39, 0.29) is 31.6 Å². The Labute approximate surface area is 177 Å². The van der Waals surface area contributed by atoms with Crippen molar-refractivity contribution >= 4 is 42.2 Å². The molecule has 1 rings (SSSR count). The van der Waals surface area contributed by atoms with Crippen LogP contribution in [0.2, 0.25) is 0 Å². The third kappa shape index (κ3) is 8.48. The Morgan fingerprint density at radius 2 is 1.73 bits per heavy atom. The highest BCUT2D eigenvalue weighted by molar-refractivity contribution is 7.80. The van der Waals surface area contributed by atoms with Crippen LogP contribution < -0.4 is 27.4 Å². The maximum atomic E-state index is 12.5. The lowest BCUT2D eigenvalue weighted by molar-refractivity contribution is -0.142. The SMILES string of the molecule is NCC(=O)NC(CCC(N)=O)C(=O)NC(CS)C(=O)NC(Cc1cnc[nH]1)C(=O)O. The van der Waals surface area contributed by atoms with Crippen molar-refractivity contribution < 1.29 is 29.1 Å². The average Bonchev–Trinajstić information content (AvgIpc) is 3.20. The maximum Gasteiger partial charge on any atom is 0.326 e. The average molecular weight is 443 g/mol. The summed E-state index contributed by atoms with van der Waals surface area (Å²) in [6.45, 7) is -0.384. The van der Waals surface area contributed by atoms with Crippen molar-refractivity contribution in [3.05, 3.63) is 18.2 Å². The van der Waals surface area contributed by atoms with E-state index in [0.29, 0.717) is 5.69 Å². The summed E-state index contributed by atoms with van der Waals surface area (Å²) in [5, 5.41) is 16.4. The summed E-state index contributed by atoms with van der Waals surface area (Å²) >= 11 is 4.01. The second kappa shape index (κ2) is 12.4. The highest BCUT2D eigenvalue weighted by Crippen LogP contribution is 2.02. The Bertz CT molecular complexity index is 757. The van der Waals surface area contributed by atoms with Gasteiger partial charge in [-0.3, -0.25) is 19.2 Å². The number of H-pyrrole nitrogens is 1. The van der Waals surface area contributed by atoms with Gasteiger partial charge in [0.25, 0.3) is 0 Å². The normalized spacial score (nSPS) is 13.5. The number of hydrogen-bond acceptors (Lipinski definition) is 8. The van der Waals surface area contributed by atoms with Crippen LogP contribution in [0, 0.1) is 0 Å². The molecule has 3 unspecified atom stereocenters. The lowest BCUT2D eigenvalue weighted by Crippen LogP contribution is -2.57. The number of nitrogens with zero attached hydrogens (tertiary/aromatic N) is 1. The van der Waals surface area contributed by atoms with E-state index in [1.54, 1.807) is 0 Å². The van der Waals surface area contributed by atoms with Gasteiger partial charge in [0, 0.05) is 30.5 Å². The molecule has 1 aromatic rings. The Morgan fingerprint density at radius 1 is 1.10 bits per heavy atom. The van der Waals surface area contributed by atoms with Gasteiger partial charge in [0.1, 0.15) is 18.1 Å². The summed E-state index contributed by atoms with van der Waals surface area (Å²) in [5.74, 6) is -4.31. The topological polar surface area (TPSA) is 222 Å². The maximum absolute atomic E-state index is 12.5. The van der Waals surface area contributed by atoms with Gasteiger partial charge in [-0.1, -0.05) is 0 Å². The first-order chi connectivity index (χ1) is 14.2. The molecule has 0 aliphatic carbocycles. The van der Waals surface area contributed by atoms with Crippen LogP contribution in [0.4, 0.5) is 0 Å². The van der Waals surface area contributed by atoms with Gasteiger partial charge in [0.05, 0.1) is 12.9 Å². The van der Waals surface area contributed by atoms with E-state index in [1.165, 1.54) is 12.5 Å². The lowest BCUT2D eigenvalue weighted by atomic mass is 10.1. The first-order valence-electron chi connectivity index (χ1n) is 8.87. The molecule has 0 saturated heterocycles. The van der Waals surface area contributed by atoms with Crippen molar-refractivity contribution in [1.29, 1.82) is 0 Å². The number of nitrogens with two attached hydrogens (primary N) is 2. The molecule has 1 aromatic heterocycles. The monoisotopic (exact) mass is 443 g/mol. The highest BCUT2D eigenvalue weighted by Gasteiger charge is 2.29. The largest absolute Gasteiger partial charge is 0.480 e. The predicted octanol–water partition coefficient (Wildman–Crippen LogP) is -3.35. The van der Waals surface area contributed by atoms with Crippen LogP contribution in [-0.4, -0.2) is 75.1 Å². The van der Waals surface area contributed by atoms with Gasteiger partial charge in [-0.15, -0.1) is 0 Å². The van der Waals surface area contributed by atoms with Crippen LogP contribution in [0.5, 0.6) is 0 Å². The molecule has 9 N–H and O–H groups in total. The van der Waals surface area contributed by atoms with Gasteiger partial charge in [0.2, 0.25) is 23.6 Å². The third-order valence-electron chi connectivity index (χ3n) is 3.93. The highest BCUT2D eigenvalue weighted by atomic mass is 32.1. The molecule has 166 valence electrons. The number of carbonyl (C=O) groups excluding carboxylic acids is 4. The van der Waals surface area contributed by atoms with Crippen LogP contribution in [0.15, 0.2) is 12.5 Å². The lowest BCUT2D eigenvalue weighted by Gasteiger charge is -2.23. The van der Waals surface area contributed by atoms with E-state index < -0.39 is 47.7 Å². The fourth-order valence-electron chi connectivity index (χ4n) is 2.36. The number of carboxylic acids is 1. The summed E-state index contributed by atoms with van der Waals surface area (Å²) in [6, 6.07) is -3.64. The number of carboxylic acid groups (broad SMARTS) is 1. The first-order valence-corrected chi connectivity index (χ1v) is 9.50. The summed E-state index contributed by atoms with van der Waals surface area (Å²) < 4.78 is 0. The van der Waals surface area contributed by atoms with Gasteiger partial charge in [-0.2, -0.15) is 12.6 Å². The molecule has 0 aliphatic rings. The summed E-state index contributed by atoms with van der Waals surface area (Å²) in [4.78, 5) is 65.5. The van der Waals surface area contributed by atoms with Gasteiger partial charge >= 0.3 is 5.97 Å². The predicted molar refractivity (Wildman–Crippen MR) is 107 cm³/mol. The van der Waals surface area contributed by atoms with Crippen LogP contribution in [0.1, 0.15) is 18.5 Å². The molecule has 0 fully saturated rings. The van der Waals surface area contributed by atoms with Gasteiger partial charge in [-0.05, 0) is 6.42 Å². The molecule has 0 radical (unpaired) electrons. The van der Waals surface area contributed by atoms with Crippen molar-refractivity contribution in [2.45, 2.75) is 37.4 Å². The van der Waals surface area contributed by atoms with E-state index in [4.69, 9.17) is 11.5 Å². The Hall–Kier alpha value is -3.13. The smallest absolute Gasteiger partial charge is 0.326 e. The standard InChI is InChI=1S/C16H25N7O6S/c17-4-13(25)21-9(1-2-12(18)24)14(26)23-11(6-30)15(27)22-10(16(28)29)3-8-5-19-7-20-8/h5,7,9-11,30H,1-4,6,17H2,(H2,18,24)(H,19,20)(H,21,25)(H,22,27)(H,23,26)(H,28,29). The zero-order chi connectivity index (χ0) is 22.7. The Morgan fingerprint density at radius 3 is 2.23 bits per heavy atom. The van der Waals surface area contributed by atoms with E-state index >= 15 is 0 Å². The molecule has 3 atom stereocenters. The summed E-state index contributed by atoms with van der Waals surface area (Å²) in [6.07, 6.45) is 2.44. The van der Waals surface area contributed by atoms with Crippen molar-refractivity contribution in [3.63, 3.8) is 0 Å². The number of aromatic nitrogens is 2. The molecule has 0 aliphatic heterocycles. The zero-order valence-corrected chi connectivity index (χ0v) is 16.9. The molecule has 30 heavy (non-hydrogen) atoms. The molecule has 0 aromatic carbocycles. The van der Waals surface area contributed by atoms with E-state index in [9.17, 15) is 29.1 Å². The second-order valence-electron chi connectivity index (χ2n) is 6.25. The van der Waals surface area contributed by atoms with Crippen LogP contribution >= 0.6 is 12.6 Å². The molecule has 13 nitrogen and oxygen atoms in total. The van der Waals surface area contributed by atoms with Crippen molar-refractivity contribution in [2.75, 3.05) is 12.3 Å². The molecule has 0 spiro atoms. The minimum Gasteiger partial charge on any atom is -0.480 e. The fraction of sp³-hybridized carbons (Fsp3) is 0.500. The number of nitrogens with one attached hydrogen (secondary N) is 4. The fourth-order valence-corrected chi connectivity index (χ4v) is 2.62. The number of thiol groups is 1. The van der Waals surface area contributed by atoms with E-state index in [0.717, 1.165) is 0 Å². The number of carbonyl (C=O) groups is 5. The summed E-state index contributed by atoms with van der Waals surface area (Å²) in [7, 11) is 0. The van der Waals surface area contributed by atoms with Crippen LogP contribution in [0.25, 0.3) is 0 Å². The van der Waals surface area contributed by atoms with Crippen molar-refractivity contribution in [1.82, 2.24) is 25.9 Å². The Kier molecular flexibility index (Phi) is 10.3. The number of amides is 4. The number of imidazole rings is 1.